The molecule has 0 saturated heterocycles. The lowest BCUT2D eigenvalue weighted by Crippen LogP contribution is -2.32. The molecule has 4 rings (SSSR count). The molecule has 0 spiro atoms. The normalized spacial score (nSPS) is 47.8. The molecule has 4 atom stereocenters. The summed E-state index contributed by atoms with van der Waals surface area (Å²) in [7, 11) is 0. The molecule has 110 valence electrons. The molecular weight excluding hydrogens is 244 g/mol. The average Bonchev–Trinajstić information content (AvgIpc) is 3.07. The molecule has 4 saturated carbocycles. The summed E-state index contributed by atoms with van der Waals surface area (Å²) in [5, 5.41) is 9.72. The highest BCUT2D eigenvalue weighted by Gasteiger charge is 2.52. The van der Waals surface area contributed by atoms with Gasteiger partial charge in [0.2, 0.25) is 0 Å². The van der Waals surface area contributed by atoms with E-state index in [2.05, 4.69) is 27.7 Å². The maximum absolute atomic E-state index is 4.86. The molecule has 0 aromatic carbocycles. The molecule has 20 heavy (non-hydrogen) atoms. The van der Waals surface area contributed by atoms with E-state index in [1.807, 2.05) is 0 Å². The predicted molar refractivity (Wildman–Crippen MR) is 84.1 cm³/mol. The van der Waals surface area contributed by atoms with E-state index < -0.39 is 0 Å². The summed E-state index contributed by atoms with van der Waals surface area (Å²) in [4.78, 5) is 0. The van der Waals surface area contributed by atoms with Crippen LogP contribution in [0.5, 0.6) is 0 Å². The fourth-order valence-electron chi connectivity index (χ4n) is 5.77. The Morgan fingerprint density at radius 1 is 0.700 bits per heavy atom. The van der Waals surface area contributed by atoms with Gasteiger partial charge in [-0.15, -0.1) is 0 Å². The molecule has 0 aliphatic heterocycles. The van der Waals surface area contributed by atoms with Gasteiger partial charge in [0, 0.05) is 22.3 Å². The highest BCUT2D eigenvalue weighted by atomic mass is 15.2. The predicted octanol–water partition coefficient (Wildman–Crippen LogP) is 4.70. The third-order valence-corrected chi connectivity index (χ3v) is 7.27. The maximum atomic E-state index is 4.86. The summed E-state index contributed by atoms with van der Waals surface area (Å²) < 4.78 is 0. The van der Waals surface area contributed by atoms with Gasteiger partial charge in [-0.2, -0.15) is 10.2 Å². The summed E-state index contributed by atoms with van der Waals surface area (Å²) in [6.07, 6.45) is 8.26. The second kappa shape index (κ2) is 3.96. The minimum absolute atomic E-state index is 0.300. The van der Waals surface area contributed by atoms with E-state index in [-0.39, 0.29) is 0 Å². The van der Waals surface area contributed by atoms with Crippen molar-refractivity contribution in [2.45, 2.75) is 66.2 Å². The van der Waals surface area contributed by atoms with Crippen molar-refractivity contribution in [3.8, 4) is 0 Å². The van der Waals surface area contributed by atoms with Gasteiger partial charge in [0.15, 0.2) is 0 Å². The molecule has 4 aliphatic carbocycles. The molecule has 0 unspecified atom stereocenters. The Morgan fingerprint density at radius 2 is 1.10 bits per heavy atom. The summed E-state index contributed by atoms with van der Waals surface area (Å²) in [5.41, 5.74) is 3.43. The largest absolute Gasteiger partial charge is 0.159 e. The Kier molecular flexibility index (Phi) is 2.58. The van der Waals surface area contributed by atoms with Crippen LogP contribution in [0, 0.1) is 34.5 Å². The second-order valence-electron chi connectivity index (χ2n) is 8.83. The Morgan fingerprint density at radius 3 is 1.40 bits per heavy atom. The molecule has 0 radical (unpaired) electrons. The fourth-order valence-corrected chi connectivity index (χ4v) is 5.77. The SMILES string of the molecule is CC1(C)/C(=N/N=C2\[C@@H]3CC[C@@H](C3)C2(C)C)[C@H]2CC[C@@H]1C2. The van der Waals surface area contributed by atoms with Crippen LogP contribution in [0.15, 0.2) is 10.2 Å². The van der Waals surface area contributed by atoms with E-state index in [0.29, 0.717) is 10.8 Å². The van der Waals surface area contributed by atoms with Crippen LogP contribution in [-0.2, 0) is 0 Å². The van der Waals surface area contributed by atoms with Gasteiger partial charge >= 0.3 is 0 Å². The van der Waals surface area contributed by atoms with Crippen LogP contribution in [0.25, 0.3) is 0 Å². The van der Waals surface area contributed by atoms with Crippen molar-refractivity contribution in [3.05, 3.63) is 0 Å². The quantitative estimate of drug-likeness (QED) is 0.618. The first-order valence-electron chi connectivity index (χ1n) is 8.57. The smallest absolute Gasteiger partial charge is 0.0495 e. The Hall–Kier alpha value is -0.660. The first-order chi connectivity index (χ1) is 9.40. The van der Waals surface area contributed by atoms with Crippen LogP contribution < -0.4 is 0 Å². The van der Waals surface area contributed by atoms with Gasteiger partial charge in [0.05, 0.1) is 0 Å². The zero-order valence-electron chi connectivity index (χ0n) is 13.4. The molecule has 2 heteroatoms. The van der Waals surface area contributed by atoms with Crippen LogP contribution in [0.4, 0.5) is 0 Å². The zero-order valence-corrected chi connectivity index (χ0v) is 13.4. The first-order valence-corrected chi connectivity index (χ1v) is 8.57. The van der Waals surface area contributed by atoms with Crippen LogP contribution in [0.2, 0.25) is 0 Å². The Balaban J connectivity index is 1.67. The van der Waals surface area contributed by atoms with E-state index in [1.165, 1.54) is 49.9 Å². The number of rotatable bonds is 1. The lowest BCUT2D eigenvalue weighted by molar-refractivity contribution is 0.330. The fraction of sp³-hybridized carbons (Fsp3) is 0.889. The molecule has 4 fully saturated rings. The monoisotopic (exact) mass is 272 g/mol. The molecule has 0 heterocycles. The van der Waals surface area contributed by atoms with Gasteiger partial charge in [-0.25, -0.2) is 0 Å². The van der Waals surface area contributed by atoms with Gasteiger partial charge in [-0.1, -0.05) is 27.7 Å². The Labute approximate surface area is 123 Å². The van der Waals surface area contributed by atoms with Crippen LogP contribution in [-0.4, -0.2) is 11.4 Å². The number of hydrogen-bond donors (Lipinski definition) is 0. The van der Waals surface area contributed by atoms with Crippen LogP contribution in [0.3, 0.4) is 0 Å². The van der Waals surface area contributed by atoms with Crippen molar-refractivity contribution in [3.63, 3.8) is 0 Å². The lowest BCUT2D eigenvalue weighted by atomic mass is 9.75. The molecule has 4 bridgehead atoms. The number of hydrogen-bond acceptors (Lipinski definition) is 2. The molecular formula is C18H28N2. The summed E-state index contributed by atoms with van der Waals surface area (Å²) in [6, 6.07) is 0. The molecule has 0 aromatic rings. The van der Waals surface area contributed by atoms with Gasteiger partial charge in [-0.05, 0) is 62.2 Å². The van der Waals surface area contributed by atoms with E-state index in [9.17, 15) is 0 Å². The highest BCUT2D eigenvalue weighted by molar-refractivity contribution is 5.98. The van der Waals surface area contributed by atoms with Crippen molar-refractivity contribution >= 4 is 11.4 Å². The minimum Gasteiger partial charge on any atom is -0.159 e. The standard InChI is InChI=1S/C18H28N2/c1-17(2)13-7-5-11(9-13)15(17)19-20-16-12-6-8-14(10-12)18(16,3)4/h11-14H,5-10H2,1-4H3/b19-15+,20-16+/t11-,12+,13+,14-. The van der Waals surface area contributed by atoms with Gasteiger partial charge in [-0.3, -0.25) is 0 Å². The van der Waals surface area contributed by atoms with Crippen molar-refractivity contribution in [1.29, 1.82) is 0 Å². The molecule has 4 aliphatic rings. The average molecular weight is 272 g/mol. The van der Waals surface area contributed by atoms with Gasteiger partial charge in [0.1, 0.15) is 0 Å². The molecule has 2 nitrogen and oxygen atoms in total. The van der Waals surface area contributed by atoms with Crippen molar-refractivity contribution in [2.24, 2.45) is 44.7 Å². The molecule has 0 N–H and O–H groups in total. The summed E-state index contributed by atoms with van der Waals surface area (Å²) in [6.45, 7) is 9.56. The van der Waals surface area contributed by atoms with E-state index >= 15 is 0 Å². The van der Waals surface area contributed by atoms with Crippen LogP contribution in [0.1, 0.15) is 66.2 Å². The molecule has 0 amide bonds. The topological polar surface area (TPSA) is 24.7 Å². The lowest BCUT2D eigenvalue weighted by Gasteiger charge is -2.32. The number of fused-ring (bicyclic) bond motifs is 4. The van der Waals surface area contributed by atoms with Gasteiger partial charge < -0.3 is 0 Å². The van der Waals surface area contributed by atoms with E-state index in [4.69, 9.17) is 10.2 Å². The first kappa shape index (κ1) is 13.0. The zero-order chi connectivity index (χ0) is 14.1. The number of nitrogens with zero attached hydrogens (tertiary/aromatic N) is 2. The van der Waals surface area contributed by atoms with Crippen LogP contribution >= 0.6 is 0 Å². The van der Waals surface area contributed by atoms with E-state index in [0.717, 1.165) is 23.7 Å². The Bertz CT molecular complexity index is 452. The molecule has 0 aromatic heterocycles. The summed E-state index contributed by atoms with van der Waals surface area (Å²) >= 11 is 0. The summed E-state index contributed by atoms with van der Waals surface area (Å²) in [5.74, 6) is 3.20. The van der Waals surface area contributed by atoms with Crippen molar-refractivity contribution in [2.75, 3.05) is 0 Å². The van der Waals surface area contributed by atoms with Crippen molar-refractivity contribution in [1.82, 2.24) is 0 Å². The minimum atomic E-state index is 0.300. The van der Waals surface area contributed by atoms with Crippen molar-refractivity contribution < 1.29 is 0 Å². The van der Waals surface area contributed by atoms with E-state index in [1.54, 1.807) is 0 Å². The third kappa shape index (κ3) is 1.57. The van der Waals surface area contributed by atoms with Gasteiger partial charge in [0.25, 0.3) is 0 Å². The maximum Gasteiger partial charge on any atom is 0.0495 e. The second-order valence-corrected chi connectivity index (χ2v) is 8.83. The highest BCUT2D eigenvalue weighted by Crippen LogP contribution is 2.55. The third-order valence-electron chi connectivity index (χ3n) is 7.27.